The van der Waals surface area contributed by atoms with E-state index in [0.717, 1.165) is 5.56 Å². The van der Waals surface area contributed by atoms with Gasteiger partial charge in [-0.15, -0.1) is 0 Å². The van der Waals surface area contributed by atoms with Crippen molar-refractivity contribution in [1.82, 2.24) is 0 Å². The van der Waals surface area contributed by atoms with Gasteiger partial charge in [0.15, 0.2) is 0 Å². The number of rotatable bonds is 8. The van der Waals surface area contributed by atoms with Gasteiger partial charge in [-0.25, -0.2) is 4.79 Å². The minimum Gasteiger partial charge on any atom is -0.362 e. The fraction of sp³-hybridized carbons (Fsp3) is 0.263. The average molecular weight is 344 g/mol. The van der Waals surface area contributed by atoms with Crippen LogP contribution in [0.3, 0.4) is 0 Å². The molecule has 0 radical (unpaired) electrons. The molecule has 6 heteroatoms. The molecule has 1 N–H and O–H groups in total. The summed E-state index contributed by atoms with van der Waals surface area (Å²) in [6.45, 7) is 3.69. The first-order valence-corrected chi connectivity index (χ1v) is 7.85. The second-order valence-electron chi connectivity index (χ2n) is 5.32. The van der Waals surface area contributed by atoms with Crippen molar-refractivity contribution in [1.29, 1.82) is 0 Å². The smallest absolute Gasteiger partial charge is 0.362 e. The van der Waals surface area contributed by atoms with E-state index in [1.165, 1.54) is 12.1 Å². The Balaban J connectivity index is 2.03. The van der Waals surface area contributed by atoms with E-state index in [4.69, 9.17) is 14.5 Å². The van der Waals surface area contributed by atoms with Crippen LogP contribution in [0.25, 0.3) is 0 Å². The van der Waals surface area contributed by atoms with E-state index in [2.05, 4.69) is 0 Å². The molecule has 0 saturated heterocycles. The van der Waals surface area contributed by atoms with Gasteiger partial charge in [0.2, 0.25) is 12.1 Å². The van der Waals surface area contributed by atoms with Crippen molar-refractivity contribution < 1.29 is 29.2 Å². The molecule has 25 heavy (non-hydrogen) atoms. The van der Waals surface area contributed by atoms with E-state index in [1.807, 2.05) is 30.3 Å². The second-order valence-corrected chi connectivity index (χ2v) is 5.32. The van der Waals surface area contributed by atoms with E-state index in [-0.39, 0.29) is 24.3 Å². The van der Waals surface area contributed by atoms with Crippen LogP contribution in [0.2, 0.25) is 0 Å². The maximum absolute atomic E-state index is 12.2. The van der Waals surface area contributed by atoms with Gasteiger partial charge in [-0.1, -0.05) is 42.5 Å². The Labute approximate surface area is 145 Å². The summed E-state index contributed by atoms with van der Waals surface area (Å²) in [4.78, 5) is 34.0. The highest BCUT2D eigenvalue weighted by Gasteiger charge is 2.20. The van der Waals surface area contributed by atoms with Crippen LogP contribution >= 0.6 is 0 Å². The Kier molecular flexibility index (Phi) is 6.82. The molecule has 2 rings (SSSR count). The third-order valence-corrected chi connectivity index (χ3v) is 3.49. The topological polar surface area (TPSA) is 82.1 Å². The number of aryl methyl sites for hydroxylation is 1. The van der Waals surface area contributed by atoms with Gasteiger partial charge >= 0.3 is 5.97 Å². The first kappa shape index (κ1) is 18.8. The number of Topliss-reactive ketones (excluding diaryl/α,β-unsaturated/α-hetero) is 1. The summed E-state index contributed by atoms with van der Waals surface area (Å²) in [6.07, 6.45) is -1.56. The van der Waals surface area contributed by atoms with Crippen molar-refractivity contribution in [3.05, 3.63) is 70.8 Å². The van der Waals surface area contributed by atoms with E-state index >= 15 is 0 Å². The Morgan fingerprint density at radius 1 is 1.12 bits per heavy atom. The number of ketones is 1. The number of aliphatic hydroxyl groups excluding tert-OH is 1. The lowest BCUT2D eigenvalue weighted by molar-refractivity contribution is -0.250. The van der Waals surface area contributed by atoms with Crippen molar-refractivity contribution in [3.8, 4) is 0 Å². The summed E-state index contributed by atoms with van der Waals surface area (Å²) in [7, 11) is 0. The van der Waals surface area contributed by atoms with Crippen LogP contribution in [0.5, 0.6) is 0 Å². The van der Waals surface area contributed by atoms with Crippen LogP contribution in [0.15, 0.2) is 48.5 Å². The number of carbonyl (C=O) groups excluding carboxylic acids is 2. The van der Waals surface area contributed by atoms with Crippen molar-refractivity contribution in [2.24, 2.45) is 0 Å². The van der Waals surface area contributed by atoms with E-state index < -0.39 is 18.0 Å². The van der Waals surface area contributed by atoms with E-state index in [0.29, 0.717) is 5.56 Å². The van der Waals surface area contributed by atoms with Crippen LogP contribution in [-0.2, 0) is 21.1 Å². The number of ether oxygens (including phenoxy) is 1. The van der Waals surface area contributed by atoms with E-state index in [1.54, 1.807) is 19.9 Å². The zero-order valence-electron chi connectivity index (χ0n) is 14.1. The summed E-state index contributed by atoms with van der Waals surface area (Å²) in [5.74, 6) is -1.34. The molecule has 2 aromatic rings. The molecule has 0 aliphatic rings. The number of aliphatic hydroxyl groups is 1. The quantitative estimate of drug-likeness (QED) is 0.343. The first-order chi connectivity index (χ1) is 12.0. The third kappa shape index (κ3) is 5.22. The van der Waals surface area contributed by atoms with Gasteiger partial charge in [0.25, 0.3) is 0 Å². The maximum atomic E-state index is 12.2. The number of hydrogen-bond donors (Lipinski definition) is 1. The molecule has 0 aromatic heterocycles. The summed E-state index contributed by atoms with van der Waals surface area (Å²) in [6, 6.07) is 13.7. The predicted octanol–water partition coefficient (Wildman–Crippen LogP) is 2.82. The number of benzene rings is 2. The number of carbonyl (C=O) groups is 2. The molecule has 1 unspecified atom stereocenters. The predicted molar refractivity (Wildman–Crippen MR) is 89.8 cm³/mol. The molecule has 0 fully saturated rings. The summed E-state index contributed by atoms with van der Waals surface area (Å²) >= 11 is 0. The second kappa shape index (κ2) is 9.08. The summed E-state index contributed by atoms with van der Waals surface area (Å²) in [5, 5.41) is 9.62. The molecule has 132 valence electrons. The molecule has 0 aliphatic carbocycles. The first-order valence-electron chi connectivity index (χ1n) is 7.85. The van der Waals surface area contributed by atoms with Crippen LogP contribution < -0.4 is 0 Å². The monoisotopic (exact) mass is 344 g/mol. The lowest BCUT2D eigenvalue weighted by atomic mass is 10.0. The average Bonchev–Trinajstić information content (AvgIpc) is 2.62. The summed E-state index contributed by atoms with van der Waals surface area (Å²) < 4.78 is 4.87. The Morgan fingerprint density at radius 2 is 1.84 bits per heavy atom. The molecule has 2 aromatic carbocycles. The Morgan fingerprint density at radius 3 is 2.52 bits per heavy atom. The van der Waals surface area contributed by atoms with Crippen LogP contribution in [0.1, 0.15) is 38.8 Å². The molecule has 0 aliphatic heterocycles. The Hall–Kier alpha value is -2.54. The normalized spacial score (nSPS) is 11.8. The van der Waals surface area contributed by atoms with Gasteiger partial charge in [-0.2, -0.15) is 4.89 Å². The highest BCUT2D eigenvalue weighted by molar-refractivity contribution is 6.01. The van der Waals surface area contributed by atoms with Crippen LogP contribution in [-0.4, -0.2) is 29.8 Å². The van der Waals surface area contributed by atoms with Gasteiger partial charge in [0.1, 0.15) is 6.61 Å². The standard InChI is InChI=1S/C19H20O6/c1-3-23-19(22)17(20)15-10-9-13(2)16(11-15)18(21)25-24-12-14-7-5-4-6-8-14/h4-11,19,22H,3,12H2,1-2H3. The third-order valence-electron chi connectivity index (χ3n) is 3.49. The SMILES string of the molecule is CCOC(O)C(=O)c1ccc(C)c(C(=O)OOCc2ccccc2)c1. The fourth-order valence-electron chi connectivity index (χ4n) is 2.14. The molecular weight excluding hydrogens is 324 g/mol. The maximum Gasteiger partial charge on any atom is 0.373 e. The molecule has 6 nitrogen and oxygen atoms in total. The lowest BCUT2D eigenvalue weighted by Gasteiger charge is -2.11. The molecule has 0 spiro atoms. The highest BCUT2D eigenvalue weighted by Crippen LogP contribution is 2.15. The van der Waals surface area contributed by atoms with E-state index in [9.17, 15) is 14.7 Å². The molecular formula is C19H20O6. The van der Waals surface area contributed by atoms with Crippen LogP contribution in [0, 0.1) is 6.92 Å². The molecule has 0 bridgehead atoms. The molecule has 0 amide bonds. The molecule has 1 atom stereocenters. The zero-order valence-corrected chi connectivity index (χ0v) is 14.1. The van der Waals surface area contributed by atoms with Gasteiger partial charge in [-0.3, -0.25) is 9.68 Å². The van der Waals surface area contributed by atoms with Gasteiger partial charge in [0, 0.05) is 12.2 Å². The minimum absolute atomic E-state index is 0.118. The summed E-state index contributed by atoms with van der Waals surface area (Å²) in [5.41, 5.74) is 1.82. The lowest BCUT2D eigenvalue weighted by Crippen LogP contribution is -2.24. The van der Waals surface area contributed by atoms with Crippen molar-refractivity contribution in [2.75, 3.05) is 6.61 Å². The fourth-order valence-corrected chi connectivity index (χ4v) is 2.14. The largest absolute Gasteiger partial charge is 0.373 e. The van der Waals surface area contributed by atoms with Gasteiger partial charge in [-0.05, 0) is 31.0 Å². The minimum atomic E-state index is -1.56. The Bertz CT molecular complexity index is 726. The highest BCUT2D eigenvalue weighted by atomic mass is 17.2. The van der Waals surface area contributed by atoms with Crippen molar-refractivity contribution in [2.45, 2.75) is 26.7 Å². The van der Waals surface area contributed by atoms with Gasteiger partial charge < -0.3 is 9.84 Å². The van der Waals surface area contributed by atoms with Crippen molar-refractivity contribution >= 4 is 11.8 Å². The van der Waals surface area contributed by atoms with Crippen LogP contribution in [0.4, 0.5) is 0 Å². The molecule has 0 heterocycles. The molecule has 0 saturated carbocycles. The zero-order chi connectivity index (χ0) is 18.2. The van der Waals surface area contributed by atoms with Crippen molar-refractivity contribution in [3.63, 3.8) is 0 Å². The number of hydrogen-bond acceptors (Lipinski definition) is 6. The van der Waals surface area contributed by atoms with Gasteiger partial charge in [0.05, 0.1) is 5.56 Å².